The molecule has 1 unspecified atom stereocenters. The van der Waals surface area contributed by atoms with Gasteiger partial charge in [-0.1, -0.05) is 13.3 Å². The molecule has 0 bridgehead atoms. The Morgan fingerprint density at radius 1 is 1.48 bits per heavy atom. The second-order valence-corrected chi connectivity index (χ2v) is 5.43. The summed E-state index contributed by atoms with van der Waals surface area (Å²) in [5.41, 5.74) is 0.593. The minimum absolute atomic E-state index is 0.0327. The molecular formula is C15H21N3O3. The Kier molecular flexibility index (Phi) is 4.90. The number of carboxylic acids is 1. The number of amides is 1. The highest BCUT2D eigenvalue weighted by molar-refractivity contribution is 5.98. The van der Waals surface area contributed by atoms with Crippen LogP contribution in [0.1, 0.15) is 38.3 Å². The molecule has 2 rings (SSSR count). The molecule has 1 aliphatic heterocycles. The zero-order valence-corrected chi connectivity index (χ0v) is 12.2. The number of carbonyl (C=O) groups excluding carboxylic acids is 1. The summed E-state index contributed by atoms with van der Waals surface area (Å²) in [4.78, 5) is 27.1. The van der Waals surface area contributed by atoms with Gasteiger partial charge in [-0.05, 0) is 37.9 Å². The van der Waals surface area contributed by atoms with E-state index < -0.39 is 11.5 Å². The van der Waals surface area contributed by atoms with Gasteiger partial charge in [0.2, 0.25) is 5.91 Å². The highest BCUT2D eigenvalue weighted by Gasteiger charge is 2.39. The molecule has 0 spiro atoms. The number of anilines is 1. The van der Waals surface area contributed by atoms with Gasteiger partial charge < -0.3 is 15.7 Å². The van der Waals surface area contributed by atoms with Crippen molar-refractivity contribution in [3.63, 3.8) is 0 Å². The third kappa shape index (κ3) is 3.78. The summed E-state index contributed by atoms with van der Waals surface area (Å²) in [6.45, 7) is 2.93. The monoisotopic (exact) mass is 291 g/mol. The summed E-state index contributed by atoms with van der Waals surface area (Å²) in [5.74, 6) is -0.953. The molecule has 1 atom stereocenters. The van der Waals surface area contributed by atoms with Crippen molar-refractivity contribution in [3.8, 4) is 0 Å². The van der Waals surface area contributed by atoms with E-state index in [0.717, 1.165) is 32.2 Å². The third-order valence-corrected chi connectivity index (χ3v) is 3.77. The lowest BCUT2D eigenvalue weighted by Crippen LogP contribution is -2.50. The molecule has 1 amide bonds. The maximum Gasteiger partial charge on any atom is 0.309 e. The van der Waals surface area contributed by atoms with Crippen molar-refractivity contribution in [2.45, 2.75) is 44.6 Å². The maximum absolute atomic E-state index is 12.5. The Bertz CT molecular complexity index is 507. The number of aliphatic carboxylic acids is 1. The van der Waals surface area contributed by atoms with E-state index in [1.807, 2.05) is 0 Å². The van der Waals surface area contributed by atoms with E-state index in [0.29, 0.717) is 11.4 Å². The van der Waals surface area contributed by atoms with E-state index >= 15 is 0 Å². The van der Waals surface area contributed by atoms with Gasteiger partial charge in [-0.3, -0.25) is 14.6 Å². The van der Waals surface area contributed by atoms with E-state index in [-0.39, 0.29) is 12.3 Å². The Hall–Kier alpha value is -1.95. The van der Waals surface area contributed by atoms with Crippen LogP contribution >= 0.6 is 0 Å². The van der Waals surface area contributed by atoms with Crippen molar-refractivity contribution in [3.05, 3.63) is 24.0 Å². The summed E-state index contributed by atoms with van der Waals surface area (Å²) in [5, 5.41) is 14.9. The van der Waals surface area contributed by atoms with Gasteiger partial charge in [0.15, 0.2) is 0 Å². The van der Waals surface area contributed by atoms with Gasteiger partial charge in [0, 0.05) is 0 Å². The molecule has 1 aromatic rings. The molecule has 6 nitrogen and oxygen atoms in total. The number of carboxylic acid groups (broad SMARTS) is 1. The maximum atomic E-state index is 12.5. The number of aromatic nitrogens is 1. The summed E-state index contributed by atoms with van der Waals surface area (Å²) in [6, 6.07) is 3.32. The zero-order valence-electron chi connectivity index (χ0n) is 12.2. The van der Waals surface area contributed by atoms with Gasteiger partial charge in [0.1, 0.15) is 0 Å². The van der Waals surface area contributed by atoms with E-state index in [4.69, 9.17) is 5.11 Å². The van der Waals surface area contributed by atoms with Crippen LogP contribution in [0.5, 0.6) is 0 Å². The molecule has 0 aliphatic carbocycles. The second kappa shape index (κ2) is 6.67. The van der Waals surface area contributed by atoms with Crippen molar-refractivity contribution < 1.29 is 14.7 Å². The molecule has 2 heterocycles. The van der Waals surface area contributed by atoms with E-state index in [1.165, 1.54) is 6.20 Å². The number of nitrogens with one attached hydrogen (secondary N) is 2. The third-order valence-electron chi connectivity index (χ3n) is 3.77. The molecule has 3 N–H and O–H groups in total. The molecular weight excluding hydrogens is 270 g/mol. The summed E-state index contributed by atoms with van der Waals surface area (Å²) in [6.07, 6.45) is 4.99. The lowest BCUT2D eigenvalue weighted by atomic mass is 9.91. The predicted molar refractivity (Wildman–Crippen MR) is 79.1 cm³/mol. The van der Waals surface area contributed by atoms with Crippen LogP contribution in [0.2, 0.25) is 0 Å². The molecule has 0 aromatic carbocycles. The van der Waals surface area contributed by atoms with Crippen LogP contribution in [0.25, 0.3) is 0 Å². The molecule has 114 valence electrons. The van der Waals surface area contributed by atoms with Crippen molar-refractivity contribution in [2.24, 2.45) is 0 Å². The SMILES string of the molecule is CCCC1(C(=O)Nc2ccc(CC(=O)O)nc2)CCCN1. The number of rotatable bonds is 6. The lowest BCUT2D eigenvalue weighted by Gasteiger charge is -2.27. The van der Waals surface area contributed by atoms with Crippen LogP contribution in [-0.4, -0.2) is 34.1 Å². The quantitative estimate of drug-likeness (QED) is 0.740. The first-order valence-electron chi connectivity index (χ1n) is 7.29. The number of pyridine rings is 1. The minimum Gasteiger partial charge on any atom is -0.481 e. The Labute approximate surface area is 124 Å². The van der Waals surface area contributed by atoms with Crippen molar-refractivity contribution in [1.29, 1.82) is 0 Å². The normalized spacial score (nSPS) is 21.2. The average molecular weight is 291 g/mol. The average Bonchev–Trinajstić information content (AvgIpc) is 2.91. The van der Waals surface area contributed by atoms with Gasteiger partial charge in [-0.2, -0.15) is 0 Å². The highest BCUT2D eigenvalue weighted by Crippen LogP contribution is 2.26. The lowest BCUT2D eigenvalue weighted by molar-refractivity contribution is -0.136. The van der Waals surface area contributed by atoms with Gasteiger partial charge in [0.05, 0.1) is 29.5 Å². The Morgan fingerprint density at radius 2 is 2.29 bits per heavy atom. The Balaban J connectivity index is 2.03. The largest absolute Gasteiger partial charge is 0.481 e. The number of nitrogens with zero attached hydrogens (tertiary/aromatic N) is 1. The summed E-state index contributed by atoms with van der Waals surface area (Å²) in [7, 11) is 0. The van der Waals surface area contributed by atoms with Crippen molar-refractivity contribution in [1.82, 2.24) is 10.3 Å². The molecule has 0 radical (unpaired) electrons. The smallest absolute Gasteiger partial charge is 0.309 e. The molecule has 1 aromatic heterocycles. The fourth-order valence-corrected chi connectivity index (χ4v) is 2.76. The zero-order chi connectivity index (χ0) is 15.3. The predicted octanol–water partition coefficient (Wildman–Crippen LogP) is 1.57. The number of hydrogen-bond acceptors (Lipinski definition) is 4. The van der Waals surface area contributed by atoms with Crippen LogP contribution < -0.4 is 10.6 Å². The van der Waals surface area contributed by atoms with E-state index in [2.05, 4.69) is 22.5 Å². The fraction of sp³-hybridized carbons (Fsp3) is 0.533. The molecule has 0 saturated carbocycles. The van der Waals surface area contributed by atoms with Gasteiger partial charge in [0.25, 0.3) is 0 Å². The van der Waals surface area contributed by atoms with Gasteiger partial charge in [-0.25, -0.2) is 0 Å². The topological polar surface area (TPSA) is 91.3 Å². The minimum atomic E-state index is -0.920. The molecule has 1 fully saturated rings. The first-order chi connectivity index (χ1) is 10.1. The second-order valence-electron chi connectivity index (χ2n) is 5.43. The highest BCUT2D eigenvalue weighted by atomic mass is 16.4. The van der Waals surface area contributed by atoms with Crippen LogP contribution in [0, 0.1) is 0 Å². The van der Waals surface area contributed by atoms with Crippen molar-refractivity contribution in [2.75, 3.05) is 11.9 Å². The van der Waals surface area contributed by atoms with E-state index in [9.17, 15) is 9.59 Å². The van der Waals surface area contributed by atoms with Crippen LogP contribution in [0.4, 0.5) is 5.69 Å². The van der Waals surface area contributed by atoms with Crippen LogP contribution in [-0.2, 0) is 16.0 Å². The van der Waals surface area contributed by atoms with Gasteiger partial charge in [-0.15, -0.1) is 0 Å². The number of carbonyl (C=O) groups is 2. The van der Waals surface area contributed by atoms with Crippen LogP contribution in [0.3, 0.4) is 0 Å². The molecule has 6 heteroatoms. The van der Waals surface area contributed by atoms with Crippen molar-refractivity contribution >= 4 is 17.6 Å². The summed E-state index contributed by atoms with van der Waals surface area (Å²) < 4.78 is 0. The molecule has 1 saturated heterocycles. The van der Waals surface area contributed by atoms with Crippen LogP contribution in [0.15, 0.2) is 18.3 Å². The first-order valence-corrected chi connectivity index (χ1v) is 7.29. The number of hydrogen-bond donors (Lipinski definition) is 3. The summed E-state index contributed by atoms with van der Waals surface area (Å²) >= 11 is 0. The standard InChI is InChI=1S/C15H21N3O3/c1-2-6-15(7-3-8-17-15)14(21)18-12-5-4-11(16-10-12)9-13(19)20/h4-5,10,17H,2-3,6-9H2,1H3,(H,18,21)(H,19,20). The molecule has 1 aliphatic rings. The first kappa shape index (κ1) is 15.4. The van der Waals surface area contributed by atoms with Gasteiger partial charge >= 0.3 is 5.97 Å². The fourth-order valence-electron chi connectivity index (χ4n) is 2.76. The van der Waals surface area contributed by atoms with E-state index in [1.54, 1.807) is 12.1 Å². The Morgan fingerprint density at radius 3 is 2.81 bits per heavy atom. The molecule has 21 heavy (non-hydrogen) atoms.